The fraction of sp³-hybridized carbons (Fsp3) is 0.364. The Hall–Kier alpha value is -2.46. The number of methoxy groups -OCH3 is 1. The van der Waals surface area contributed by atoms with E-state index < -0.39 is 26.8 Å². The lowest BCUT2D eigenvalue weighted by molar-refractivity contribution is -0.141. The molecule has 1 aromatic carbocycles. The number of thiazole rings is 1. The van der Waals surface area contributed by atoms with Crippen LogP contribution < -0.4 is 4.74 Å². The Morgan fingerprint density at radius 1 is 1.19 bits per heavy atom. The number of nitrogens with zero attached hydrogens (tertiary/aromatic N) is 3. The number of hydrogen-bond acceptors (Lipinski definition) is 6. The second kappa shape index (κ2) is 9.99. The van der Waals surface area contributed by atoms with Crippen molar-refractivity contribution in [2.45, 2.75) is 37.6 Å². The number of ether oxygens (including phenoxy) is 1. The standard InChI is InChI=1S/C22H24F3N3O2S2/c1-4-5-6-19(16-9-12-20(26-13-16)22(23,24)25)32(3,29)28-21-27-18(14-31-21)15-7-10-17(30-2)11-8-15/h7-14,19H,4-6H2,1-3H3. The van der Waals surface area contributed by atoms with Crippen molar-refractivity contribution in [2.75, 3.05) is 13.4 Å². The summed E-state index contributed by atoms with van der Waals surface area (Å²) < 4.78 is 61.8. The quantitative estimate of drug-likeness (QED) is 0.350. The van der Waals surface area contributed by atoms with E-state index in [0.29, 0.717) is 22.8 Å². The molecule has 0 aliphatic rings. The van der Waals surface area contributed by atoms with Gasteiger partial charge < -0.3 is 4.74 Å². The van der Waals surface area contributed by atoms with Gasteiger partial charge in [-0.1, -0.05) is 25.8 Å². The van der Waals surface area contributed by atoms with Crippen molar-refractivity contribution in [3.63, 3.8) is 0 Å². The van der Waals surface area contributed by atoms with Crippen molar-refractivity contribution in [2.24, 2.45) is 4.36 Å². The summed E-state index contributed by atoms with van der Waals surface area (Å²) in [6.45, 7) is 2.00. The van der Waals surface area contributed by atoms with Crippen LogP contribution in [0.4, 0.5) is 18.3 Å². The van der Waals surface area contributed by atoms with Crippen LogP contribution in [0.1, 0.15) is 42.7 Å². The lowest BCUT2D eigenvalue weighted by atomic mass is 10.1. The molecule has 0 saturated carbocycles. The molecule has 3 aromatic rings. The number of halogens is 3. The smallest absolute Gasteiger partial charge is 0.433 e. The molecule has 2 atom stereocenters. The Morgan fingerprint density at radius 2 is 1.91 bits per heavy atom. The number of alkyl halides is 3. The molecule has 0 amide bonds. The molecule has 0 aliphatic carbocycles. The highest BCUT2D eigenvalue weighted by Gasteiger charge is 2.33. The van der Waals surface area contributed by atoms with Crippen LogP contribution in [0.15, 0.2) is 52.3 Å². The fourth-order valence-corrected chi connectivity index (χ4v) is 6.11. The largest absolute Gasteiger partial charge is 0.497 e. The molecule has 2 unspecified atom stereocenters. The molecule has 0 spiro atoms. The summed E-state index contributed by atoms with van der Waals surface area (Å²) in [7, 11) is -1.26. The van der Waals surface area contributed by atoms with Crippen LogP contribution in [-0.2, 0) is 15.9 Å². The van der Waals surface area contributed by atoms with Gasteiger partial charge in [-0.15, -0.1) is 11.3 Å². The lowest BCUT2D eigenvalue weighted by Crippen LogP contribution is -2.13. The zero-order chi connectivity index (χ0) is 23.4. The van der Waals surface area contributed by atoms with Gasteiger partial charge in [-0.25, -0.2) is 9.19 Å². The van der Waals surface area contributed by atoms with Crippen molar-refractivity contribution < 1.29 is 22.1 Å². The molecule has 32 heavy (non-hydrogen) atoms. The van der Waals surface area contributed by atoms with Crippen molar-refractivity contribution in [1.29, 1.82) is 0 Å². The van der Waals surface area contributed by atoms with E-state index in [4.69, 9.17) is 4.74 Å². The van der Waals surface area contributed by atoms with Crippen molar-refractivity contribution >= 4 is 26.2 Å². The highest BCUT2D eigenvalue weighted by Crippen LogP contribution is 2.35. The lowest BCUT2D eigenvalue weighted by Gasteiger charge is -2.19. The monoisotopic (exact) mass is 483 g/mol. The average Bonchev–Trinajstić information content (AvgIpc) is 3.21. The molecule has 0 radical (unpaired) electrons. The van der Waals surface area contributed by atoms with E-state index in [0.717, 1.165) is 36.4 Å². The van der Waals surface area contributed by atoms with Gasteiger partial charge in [0.05, 0.1) is 27.8 Å². The van der Waals surface area contributed by atoms with Crippen LogP contribution in [0, 0.1) is 0 Å². The molecule has 2 heterocycles. The van der Waals surface area contributed by atoms with Gasteiger partial charge in [-0.2, -0.15) is 17.5 Å². The zero-order valence-electron chi connectivity index (χ0n) is 17.9. The minimum absolute atomic E-state index is 0.365. The minimum atomic E-state index is -4.52. The van der Waals surface area contributed by atoms with E-state index in [1.165, 1.54) is 23.7 Å². The van der Waals surface area contributed by atoms with E-state index in [2.05, 4.69) is 14.3 Å². The zero-order valence-corrected chi connectivity index (χ0v) is 19.6. The predicted octanol–water partition coefficient (Wildman–Crippen LogP) is 6.89. The maximum Gasteiger partial charge on any atom is 0.433 e. The maximum absolute atomic E-state index is 13.6. The van der Waals surface area contributed by atoms with Gasteiger partial charge in [0.1, 0.15) is 11.4 Å². The third-order valence-corrected chi connectivity index (χ3v) is 7.88. The summed E-state index contributed by atoms with van der Waals surface area (Å²) in [5.74, 6) is 0.731. The Bertz CT molecular complexity index is 1150. The Balaban J connectivity index is 1.92. The van der Waals surface area contributed by atoms with E-state index in [-0.39, 0.29) is 0 Å². The van der Waals surface area contributed by atoms with E-state index in [1.54, 1.807) is 7.11 Å². The minimum Gasteiger partial charge on any atom is -0.497 e. The van der Waals surface area contributed by atoms with Crippen LogP contribution in [0.25, 0.3) is 11.3 Å². The number of benzene rings is 1. The highest BCUT2D eigenvalue weighted by atomic mass is 32.2. The molecule has 0 saturated heterocycles. The second-order valence-electron chi connectivity index (χ2n) is 7.30. The highest BCUT2D eigenvalue weighted by molar-refractivity contribution is 7.93. The Labute approximate surface area is 189 Å². The van der Waals surface area contributed by atoms with E-state index in [1.807, 2.05) is 36.6 Å². The number of aromatic nitrogens is 2. The van der Waals surface area contributed by atoms with Crippen LogP contribution in [0.5, 0.6) is 5.75 Å². The number of pyridine rings is 1. The normalized spacial score (nSPS) is 14.6. The molecule has 0 N–H and O–H groups in total. The molecule has 2 aromatic heterocycles. The molecule has 172 valence electrons. The number of hydrogen-bond donors (Lipinski definition) is 0. The number of unbranched alkanes of at least 4 members (excludes halogenated alkanes) is 1. The van der Waals surface area contributed by atoms with Crippen molar-refractivity contribution in [3.8, 4) is 17.0 Å². The second-order valence-corrected chi connectivity index (χ2v) is 10.6. The Kier molecular flexibility index (Phi) is 7.55. The average molecular weight is 484 g/mol. The van der Waals surface area contributed by atoms with Crippen LogP contribution in [0.3, 0.4) is 0 Å². The maximum atomic E-state index is 13.6. The third-order valence-electron chi connectivity index (χ3n) is 4.93. The first-order valence-electron chi connectivity index (χ1n) is 9.98. The van der Waals surface area contributed by atoms with Crippen LogP contribution in [-0.4, -0.2) is 27.5 Å². The summed E-state index contributed by atoms with van der Waals surface area (Å²) in [5.41, 5.74) is 1.09. The van der Waals surface area contributed by atoms with Gasteiger partial charge in [0.2, 0.25) is 5.13 Å². The predicted molar refractivity (Wildman–Crippen MR) is 122 cm³/mol. The summed E-state index contributed by atoms with van der Waals surface area (Å²) in [5, 5.41) is 1.65. The molecular weight excluding hydrogens is 459 g/mol. The summed E-state index contributed by atoms with van der Waals surface area (Å²) in [4.78, 5) is 8.03. The van der Waals surface area contributed by atoms with Gasteiger partial charge in [0.25, 0.3) is 0 Å². The van der Waals surface area contributed by atoms with Gasteiger partial charge in [0.15, 0.2) is 0 Å². The summed E-state index contributed by atoms with van der Waals surface area (Å²) in [6.07, 6.45) is 0.319. The van der Waals surface area contributed by atoms with Crippen molar-refractivity contribution in [1.82, 2.24) is 9.97 Å². The molecule has 0 bridgehead atoms. The molecule has 0 aliphatic heterocycles. The molecule has 5 nitrogen and oxygen atoms in total. The van der Waals surface area contributed by atoms with Crippen LogP contribution in [0.2, 0.25) is 0 Å². The van der Waals surface area contributed by atoms with Gasteiger partial charge in [-0.05, 0) is 42.3 Å². The van der Waals surface area contributed by atoms with Gasteiger partial charge >= 0.3 is 6.18 Å². The topological polar surface area (TPSA) is 64.4 Å². The van der Waals surface area contributed by atoms with Crippen molar-refractivity contribution in [3.05, 3.63) is 59.2 Å². The Morgan fingerprint density at radius 3 is 2.47 bits per heavy atom. The van der Waals surface area contributed by atoms with Gasteiger partial charge in [-0.3, -0.25) is 4.98 Å². The first-order valence-corrected chi connectivity index (χ1v) is 12.8. The first-order chi connectivity index (χ1) is 15.1. The summed E-state index contributed by atoms with van der Waals surface area (Å²) in [6, 6.07) is 9.67. The fourth-order valence-electron chi connectivity index (χ4n) is 3.21. The molecular formula is C22H24F3N3O2S2. The molecule has 0 fully saturated rings. The third kappa shape index (κ3) is 5.86. The SMILES string of the molecule is CCCCC(c1ccc(C(F)(F)F)nc1)S(C)(=O)=Nc1nc(-c2ccc(OC)cc2)cs1. The number of rotatable bonds is 8. The molecule has 3 rings (SSSR count). The first kappa shape index (κ1) is 24.2. The van der Waals surface area contributed by atoms with E-state index in [9.17, 15) is 17.4 Å². The molecule has 10 heteroatoms. The van der Waals surface area contributed by atoms with Gasteiger partial charge in [0, 0.05) is 23.4 Å². The summed E-state index contributed by atoms with van der Waals surface area (Å²) >= 11 is 1.27. The van der Waals surface area contributed by atoms with E-state index >= 15 is 0 Å². The van der Waals surface area contributed by atoms with Crippen LogP contribution >= 0.6 is 11.3 Å².